The van der Waals surface area contributed by atoms with Gasteiger partial charge in [-0.3, -0.25) is 9.59 Å². The average Bonchev–Trinajstić information content (AvgIpc) is 2.87. The number of ketones is 1. The van der Waals surface area contributed by atoms with Gasteiger partial charge in [-0.15, -0.1) is 6.42 Å². The highest BCUT2D eigenvalue weighted by atomic mass is 16.5. The first kappa shape index (κ1) is 17.8. The zero-order valence-electron chi connectivity index (χ0n) is 15.3. The molecule has 5 heteroatoms. The Kier molecular flexibility index (Phi) is 4.37. The number of amides is 1. The molecule has 1 aromatic heterocycles. The number of fused-ring (bicyclic) bond motifs is 1. The Bertz CT molecular complexity index is 945. The molecule has 0 radical (unpaired) electrons. The van der Waals surface area contributed by atoms with Gasteiger partial charge in [-0.05, 0) is 43.0 Å². The molecule has 0 bridgehead atoms. The van der Waals surface area contributed by atoms with Gasteiger partial charge in [0.15, 0.2) is 5.78 Å². The third-order valence-corrected chi connectivity index (χ3v) is 4.67. The summed E-state index contributed by atoms with van der Waals surface area (Å²) in [6.45, 7) is 6.20. The van der Waals surface area contributed by atoms with Gasteiger partial charge < -0.3 is 15.0 Å². The molecule has 0 unspecified atom stereocenters. The van der Waals surface area contributed by atoms with Crippen LogP contribution in [0.15, 0.2) is 24.3 Å². The highest BCUT2D eigenvalue weighted by Crippen LogP contribution is 2.39. The number of aromatic nitrogens is 1. The van der Waals surface area contributed by atoms with Crippen LogP contribution >= 0.6 is 0 Å². The molecule has 0 aliphatic heterocycles. The first-order chi connectivity index (χ1) is 12.2. The molecule has 0 saturated carbocycles. The first-order valence-corrected chi connectivity index (χ1v) is 8.48. The van der Waals surface area contributed by atoms with Crippen LogP contribution in [0.25, 0.3) is 5.69 Å². The topological polar surface area (TPSA) is 74.3 Å². The molecule has 1 aromatic carbocycles. The molecule has 2 N–H and O–H groups in total. The van der Waals surface area contributed by atoms with Crippen molar-refractivity contribution in [1.29, 1.82) is 0 Å². The Morgan fingerprint density at radius 2 is 2.08 bits per heavy atom. The summed E-state index contributed by atoms with van der Waals surface area (Å²) in [5.74, 6) is 2.52. The monoisotopic (exact) mass is 350 g/mol. The second-order valence-corrected chi connectivity index (χ2v) is 7.46. The van der Waals surface area contributed by atoms with E-state index in [0.717, 1.165) is 29.1 Å². The van der Waals surface area contributed by atoms with E-state index in [1.54, 1.807) is 18.2 Å². The minimum Gasteiger partial charge on any atom is -0.479 e. The highest BCUT2D eigenvalue weighted by Gasteiger charge is 2.34. The number of carbonyl (C=O) groups is 2. The number of nitrogens with two attached hydrogens (primary N) is 1. The minimum absolute atomic E-state index is 0.0716. The number of rotatable bonds is 4. The average molecular weight is 350 g/mol. The lowest BCUT2D eigenvalue weighted by atomic mass is 9.76. The molecule has 0 saturated heterocycles. The number of ether oxygens (including phenoxy) is 1. The number of carbonyl (C=O) groups excluding carboxylic acids is 2. The second kappa shape index (κ2) is 6.38. The summed E-state index contributed by atoms with van der Waals surface area (Å²) in [5.41, 5.74) is 9.01. The van der Waals surface area contributed by atoms with Crippen LogP contribution < -0.4 is 10.5 Å². The van der Waals surface area contributed by atoms with Crippen LogP contribution in [-0.2, 0) is 6.42 Å². The van der Waals surface area contributed by atoms with E-state index >= 15 is 0 Å². The molecule has 0 fully saturated rings. The van der Waals surface area contributed by atoms with E-state index in [4.69, 9.17) is 16.9 Å². The molecular weight excluding hydrogens is 328 g/mol. The standard InChI is InChI=1S/C21H22N2O3/c1-5-8-26-19-10-14(20(22)25)6-7-16(19)23-13(2)9-15-17(23)11-21(3,4)12-18(15)24/h1,6-7,9-10H,8,11-12H2,2-4H3,(H2,22,25). The number of primary amides is 1. The zero-order chi connectivity index (χ0) is 19.1. The molecule has 0 spiro atoms. The lowest BCUT2D eigenvalue weighted by Gasteiger charge is -2.30. The van der Waals surface area contributed by atoms with Crippen LogP contribution in [0, 0.1) is 24.7 Å². The summed E-state index contributed by atoms with van der Waals surface area (Å²) in [4.78, 5) is 24.1. The quantitative estimate of drug-likeness (QED) is 0.861. The third kappa shape index (κ3) is 3.11. The molecule has 2 aromatic rings. The predicted molar refractivity (Wildman–Crippen MR) is 99.8 cm³/mol. The Morgan fingerprint density at radius 3 is 2.73 bits per heavy atom. The molecule has 134 valence electrons. The van der Waals surface area contributed by atoms with Crippen molar-refractivity contribution >= 4 is 11.7 Å². The van der Waals surface area contributed by atoms with Crippen LogP contribution in [0.5, 0.6) is 5.75 Å². The molecule has 26 heavy (non-hydrogen) atoms. The lowest BCUT2D eigenvalue weighted by Crippen LogP contribution is -2.28. The van der Waals surface area contributed by atoms with E-state index in [1.165, 1.54) is 0 Å². The van der Waals surface area contributed by atoms with Gasteiger partial charge in [-0.2, -0.15) is 0 Å². The molecule has 0 atom stereocenters. The van der Waals surface area contributed by atoms with Crippen LogP contribution in [0.1, 0.15) is 52.4 Å². The zero-order valence-corrected chi connectivity index (χ0v) is 15.3. The van der Waals surface area contributed by atoms with Crippen molar-refractivity contribution in [3.8, 4) is 23.8 Å². The van der Waals surface area contributed by atoms with E-state index in [1.807, 2.05) is 17.6 Å². The van der Waals surface area contributed by atoms with Crippen molar-refractivity contribution in [3.05, 3.63) is 46.8 Å². The summed E-state index contributed by atoms with van der Waals surface area (Å²) in [6.07, 6.45) is 6.62. The predicted octanol–water partition coefficient (Wildman–Crippen LogP) is 3.05. The van der Waals surface area contributed by atoms with E-state index in [2.05, 4.69) is 19.8 Å². The van der Waals surface area contributed by atoms with Crippen molar-refractivity contribution in [3.63, 3.8) is 0 Å². The first-order valence-electron chi connectivity index (χ1n) is 8.48. The van der Waals surface area contributed by atoms with Crippen molar-refractivity contribution in [2.45, 2.75) is 33.6 Å². The van der Waals surface area contributed by atoms with E-state index in [-0.39, 0.29) is 17.8 Å². The largest absolute Gasteiger partial charge is 0.479 e. The molecule has 1 amide bonds. The van der Waals surface area contributed by atoms with Crippen molar-refractivity contribution < 1.29 is 14.3 Å². The van der Waals surface area contributed by atoms with Crippen LogP contribution in [0.3, 0.4) is 0 Å². The van der Waals surface area contributed by atoms with Crippen LogP contribution in [0.4, 0.5) is 0 Å². The minimum atomic E-state index is -0.537. The normalized spacial score (nSPS) is 15.2. The van der Waals surface area contributed by atoms with Crippen molar-refractivity contribution in [2.75, 3.05) is 6.61 Å². The maximum absolute atomic E-state index is 12.6. The van der Waals surface area contributed by atoms with Gasteiger partial charge in [0.1, 0.15) is 12.4 Å². The molecule has 5 nitrogen and oxygen atoms in total. The maximum atomic E-state index is 12.6. The Balaban J connectivity index is 2.20. The number of nitrogens with zero attached hydrogens (tertiary/aromatic N) is 1. The van der Waals surface area contributed by atoms with Gasteiger partial charge in [0.05, 0.1) is 5.69 Å². The highest BCUT2D eigenvalue weighted by molar-refractivity contribution is 5.99. The van der Waals surface area contributed by atoms with Gasteiger partial charge in [0.2, 0.25) is 5.91 Å². The summed E-state index contributed by atoms with van der Waals surface area (Å²) < 4.78 is 7.69. The van der Waals surface area contributed by atoms with Crippen molar-refractivity contribution in [1.82, 2.24) is 4.57 Å². The number of hydrogen-bond acceptors (Lipinski definition) is 3. The summed E-state index contributed by atoms with van der Waals surface area (Å²) in [5, 5.41) is 0. The smallest absolute Gasteiger partial charge is 0.248 e. The van der Waals surface area contributed by atoms with Gasteiger partial charge in [0, 0.05) is 28.9 Å². The van der Waals surface area contributed by atoms with Crippen LogP contribution in [0.2, 0.25) is 0 Å². The number of terminal acetylenes is 1. The van der Waals surface area contributed by atoms with E-state index in [9.17, 15) is 9.59 Å². The van der Waals surface area contributed by atoms with Gasteiger partial charge in [-0.25, -0.2) is 0 Å². The maximum Gasteiger partial charge on any atom is 0.248 e. The van der Waals surface area contributed by atoms with Crippen molar-refractivity contribution in [2.24, 2.45) is 11.1 Å². The fourth-order valence-corrected chi connectivity index (χ4v) is 3.57. The molecule has 1 aliphatic carbocycles. The van der Waals surface area contributed by atoms with E-state index < -0.39 is 5.91 Å². The number of aryl methyl sites for hydroxylation is 1. The number of benzene rings is 1. The fourth-order valence-electron chi connectivity index (χ4n) is 3.57. The molecule has 3 rings (SSSR count). The van der Waals surface area contributed by atoms with E-state index in [0.29, 0.717) is 17.7 Å². The van der Waals surface area contributed by atoms with Gasteiger partial charge in [-0.1, -0.05) is 19.8 Å². The Morgan fingerprint density at radius 1 is 1.35 bits per heavy atom. The Hall–Kier alpha value is -3.00. The van der Waals surface area contributed by atoms with Gasteiger partial charge >= 0.3 is 0 Å². The van der Waals surface area contributed by atoms with Crippen LogP contribution in [-0.4, -0.2) is 22.9 Å². The second-order valence-electron chi connectivity index (χ2n) is 7.46. The summed E-state index contributed by atoms with van der Waals surface area (Å²) in [7, 11) is 0. The van der Waals surface area contributed by atoms with Gasteiger partial charge in [0.25, 0.3) is 0 Å². The fraction of sp³-hybridized carbons (Fsp3) is 0.333. The Labute approximate surface area is 153 Å². The lowest BCUT2D eigenvalue weighted by molar-refractivity contribution is 0.0910. The molecule has 1 heterocycles. The molecule has 1 aliphatic rings. The number of hydrogen-bond donors (Lipinski definition) is 1. The SMILES string of the molecule is C#CCOc1cc(C(N)=O)ccc1-n1c(C)cc2c1CC(C)(C)CC2=O. The summed E-state index contributed by atoms with van der Waals surface area (Å²) in [6, 6.07) is 6.95. The molecular formula is C21H22N2O3. The number of Topliss-reactive ketones (excluding diaryl/α,β-unsaturated/α-hetero) is 1. The third-order valence-electron chi connectivity index (χ3n) is 4.67. The summed E-state index contributed by atoms with van der Waals surface area (Å²) >= 11 is 0.